The van der Waals surface area contributed by atoms with Crippen molar-refractivity contribution in [1.29, 1.82) is 0 Å². The quantitative estimate of drug-likeness (QED) is 0.502. The zero-order valence-electron chi connectivity index (χ0n) is 9.36. The zero-order chi connectivity index (χ0) is 12.8. The summed E-state index contributed by atoms with van der Waals surface area (Å²) in [5.74, 6) is 0.0689. The number of benzene rings is 1. The maximum absolute atomic E-state index is 12.9. The van der Waals surface area contributed by atoms with Gasteiger partial charge in [0, 0.05) is 12.4 Å². The number of halogens is 1. The van der Waals surface area contributed by atoms with Gasteiger partial charge in [-0.2, -0.15) is 5.10 Å². The summed E-state index contributed by atoms with van der Waals surface area (Å²) in [6, 6.07) is 7.66. The lowest BCUT2D eigenvalue weighted by Crippen LogP contribution is -2.16. The Hall–Kier alpha value is -2.63. The highest BCUT2D eigenvalue weighted by Crippen LogP contribution is 2.00. The number of aromatic nitrogens is 2. The fraction of sp³-hybridized carbons (Fsp3) is 0. The molecule has 1 heterocycles. The average Bonchev–Trinajstić information content (AvgIpc) is 2.40. The van der Waals surface area contributed by atoms with Crippen LogP contribution in [0.15, 0.2) is 52.9 Å². The predicted molar refractivity (Wildman–Crippen MR) is 66.8 cm³/mol. The van der Waals surface area contributed by atoms with E-state index in [1.54, 1.807) is 30.6 Å². The van der Waals surface area contributed by atoms with Crippen molar-refractivity contribution in [1.82, 2.24) is 9.97 Å². The van der Waals surface area contributed by atoms with Crippen LogP contribution < -0.4 is 5.73 Å². The highest BCUT2D eigenvalue weighted by atomic mass is 19.1. The Kier molecular flexibility index (Phi) is 3.70. The smallest absolute Gasteiger partial charge is 0.196 e. The summed E-state index contributed by atoms with van der Waals surface area (Å²) >= 11 is 0. The normalized spacial score (nSPS) is 11.9. The van der Waals surface area contributed by atoms with Crippen molar-refractivity contribution in [3.8, 4) is 0 Å². The summed E-state index contributed by atoms with van der Waals surface area (Å²) < 4.78 is 12.9. The maximum atomic E-state index is 12.9. The highest BCUT2D eigenvalue weighted by Gasteiger charge is 1.98. The van der Waals surface area contributed by atoms with E-state index in [0.29, 0.717) is 11.4 Å². The van der Waals surface area contributed by atoms with Crippen LogP contribution >= 0.6 is 0 Å². The molecule has 18 heavy (non-hydrogen) atoms. The lowest BCUT2D eigenvalue weighted by molar-refractivity contribution is 0.627. The van der Waals surface area contributed by atoms with Crippen LogP contribution in [0.1, 0.15) is 11.4 Å². The topological polar surface area (TPSA) is 76.5 Å². The summed E-state index contributed by atoms with van der Waals surface area (Å²) in [4.78, 5) is 7.84. The molecule has 0 unspecified atom stereocenters. The van der Waals surface area contributed by atoms with Gasteiger partial charge in [0.05, 0.1) is 6.21 Å². The van der Waals surface area contributed by atoms with Gasteiger partial charge in [-0.05, 0) is 23.8 Å². The van der Waals surface area contributed by atoms with E-state index in [-0.39, 0.29) is 11.7 Å². The van der Waals surface area contributed by atoms with E-state index in [1.165, 1.54) is 18.3 Å². The number of amidine groups is 1. The van der Waals surface area contributed by atoms with Gasteiger partial charge in [0.25, 0.3) is 0 Å². The number of hydrogen-bond acceptors (Lipinski definition) is 4. The second kappa shape index (κ2) is 5.62. The van der Waals surface area contributed by atoms with E-state index in [0.717, 1.165) is 0 Å². The number of nitrogens with two attached hydrogens (primary N) is 1. The molecule has 1 aromatic carbocycles. The predicted octanol–water partition coefficient (Wildman–Crippen LogP) is 1.36. The van der Waals surface area contributed by atoms with Crippen LogP contribution in [0.25, 0.3) is 0 Å². The van der Waals surface area contributed by atoms with Gasteiger partial charge in [0.1, 0.15) is 5.82 Å². The molecule has 0 fully saturated rings. The number of hydrogen-bond donors (Lipinski definition) is 1. The molecular formula is C12H10FN5. The van der Waals surface area contributed by atoms with E-state index < -0.39 is 0 Å². The molecule has 0 saturated carbocycles. The molecule has 0 amide bonds. The Balaban J connectivity index is 2.11. The molecule has 90 valence electrons. The fourth-order valence-electron chi connectivity index (χ4n) is 1.22. The van der Waals surface area contributed by atoms with Crippen molar-refractivity contribution in [3.05, 3.63) is 59.9 Å². The van der Waals surface area contributed by atoms with Crippen molar-refractivity contribution >= 4 is 12.1 Å². The van der Waals surface area contributed by atoms with Gasteiger partial charge in [0.2, 0.25) is 0 Å². The average molecular weight is 243 g/mol. The molecule has 5 nitrogen and oxygen atoms in total. The Morgan fingerprint density at radius 1 is 1.22 bits per heavy atom. The minimum absolute atomic E-state index is 0.100. The summed E-state index contributed by atoms with van der Waals surface area (Å²) in [6.45, 7) is 0. The number of nitrogens with zero attached hydrogens (tertiary/aromatic N) is 4. The van der Waals surface area contributed by atoms with Crippen LogP contribution in [0, 0.1) is 5.82 Å². The maximum Gasteiger partial charge on any atom is 0.196 e. The molecule has 0 bridgehead atoms. The van der Waals surface area contributed by atoms with Crippen molar-refractivity contribution < 1.29 is 4.39 Å². The lowest BCUT2D eigenvalue weighted by atomic mass is 10.2. The van der Waals surface area contributed by atoms with E-state index in [4.69, 9.17) is 5.73 Å². The monoisotopic (exact) mass is 243 g/mol. The Labute approximate surface area is 103 Å². The Morgan fingerprint density at radius 2 is 2.00 bits per heavy atom. The molecule has 0 spiro atoms. The summed E-state index contributed by atoms with van der Waals surface area (Å²) in [5.41, 5.74) is 6.22. The van der Waals surface area contributed by atoms with Crippen LogP contribution in [0.2, 0.25) is 0 Å². The molecule has 0 aliphatic rings. The van der Waals surface area contributed by atoms with Crippen LogP contribution in [-0.2, 0) is 0 Å². The molecule has 0 aliphatic heterocycles. The molecular weight excluding hydrogens is 233 g/mol. The number of rotatable bonds is 3. The first-order valence-electron chi connectivity index (χ1n) is 5.15. The largest absolute Gasteiger partial charge is 0.379 e. The highest BCUT2D eigenvalue weighted by molar-refractivity contribution is 5.94. The van der Waals surface area contributed by atoms with Crippen molar-refractivity contribution in [2.75, 3.05) is 0 Å². The molecule has 2 aromatic rings. The summed E-state index contributed by atoms with van der Waals surface area (Å²) in [7, 11) is 0. The molecule has 1 aromatic heterocycles. The van der Waals surface area contributed by atoms with Gasteiger partial charge >= 0.3 is 0 Å². The Morgan fingerprint density at radius 3 is 2.72 bits per heavy atom. The first-order valence-corrected chi connectivity index (χ1v) is 5.15. The van der Waals surface area contributed by atoms with Gasteiger partial charge in [-0.15, -0.1) is 5.10 Å². The second-order valence-corrected chi connectivity index (χ2v) is 3.36. The molecule has 0 radical (unpaired) electrons. The third-order valence-electron chi connectivity index (χ3n) is 2.02. The van der Waals surface area contributed by atoms with Crippen molar-refractivity contribution in [2.45, 2.75) is 0 Å². The van der Waals surface area contributed by atoms with E-state index in [2.05, 4.69) is 20.2 Å². The third-order valence-corrected chi connectivity index (χ3v) is 2.02. The van der Waals surface area contributed by atoms with Gasteiger partial charge in [0.15, 0.2) is 11.7 Å². The first-order chi connectivity index (χ1) is 8.75. The Bertz CT molecular complexity index is 580. The van der Waals surface area contributed by atoms with E-state index in [1.807, 2.05) is 0 Å². The van der Waals surface area contributed by atoms with Gasteiger partial charge in [-0.3, -0.25) is 0 Å². The molecule has 0 aliphatic carbocycles. The van der Waals surface area contributed by atoms with Gasteiger partial charge < -0.3 is 5.73 Å². The first kappa shape index (κ1) is 11.8. The fourth-order valence-corrected chi connectivity index (χ4v) is 1.22. The third kappa shape index (κ3) is 3.18. The van der Waals surface area contributed by atoms with Crippen LogP contribution in [0.3, 0.4) is 0 Å². The zero-order valence-corrected chi connectivity index (χ0v) is 9.36. The SMILES string of the molecule is N/C(=N\N=C/c1cccc(F)c1)c1ncccn1. The van der Waals surface area contributed by atoms with E-state index >= 15 is 0 Å². The molecule has 2 rings (SSSR count). The molecule has 0 saturated heterocycles. The summed E-state index contributed by atoms with van der Waals surface area (Å²) in [6.07, 6.45) is 4.51. The minimum Gasteiger partial charge on any atom is -0.379 e. The van der Waals surface area contributed by atoms with Crippen LogP contribution in [-0.4, -0.2) is 22.0 Å². The molecule has 6 heteroatoms. The van der Waals surface area contributed by atoms with Gasteiger partial charge in [-0.25, -0.2) is 14.4 Å². The minimum atomic E-state index is -0.331. The molecule has 2 N–H and O–H groups in total. The lowest BCUT2D eigenvalue weighted by Gasteiger charge is -1.94. The standard InChI is InChI=1S/C12H10FN5/c13-10-4-1-3-9(7-10)8-17-18-11(14)12-15-5-2-6-16-12/h1-8H,(H2,14,18)/b17-8-. The van der Waals surface area contributed by atoms with Crippen LogP contribution in [0.4, 0.5) is 4.39 Å². The van der Waals surface area contributed by atoms with Crippen molar-refractivity contribution in [2.24, 2.45) is 15.9 Å². The van der Waals surface area contributed by atoms with Crippen LogP contribution in [0.5, 0.6) is 0 Å². The molecule has 0 atom stereocenters. The van der Waals surface area contributed by atoms with Gasteiger partial charge in [-0.1, -0.05) is 12.1 Å². The summed E-state index contributed by atoms with van der Waals surface area (Å²) in [5, 5.41) is 7.49. The van der Waals surface area contributed by atoms with Crippen molar-refractivity contribution in [3.63, 3.8) is 0 Å². The van der Waals surface area contributed by atoms with E-state index in [9.17, 15) is 4.39 Å². The second-order valence-electron chi connectivity index (χ2n) is 3.36.